The Hall–Kier alpha value is 0.704. The molecule has 11 heteroatoms. The molecule has 1 radical (unpaired) electrons. The van der Waals surface area contributed by atoms with Gasteiger partial charge in [0.2, 0.25) is 0 Å². The molecule has 0 aromatic heterocycles. The number of methoxy groups -OCH3 is 2. The third-order valence-electron chi connectivity index (χ3n) is 2.45. The summed E-state index contributed by atoms with van der Waals surface area (Å²) in [4.78, 5) is 0. The van der Waals surface area contributed by atoms with Crippen LogP contribution in [0.3, 0.4) is 0 Å². The minimum atomic E-state index is -0.954. The van der Waals surface area contributed by atoms with Crippen molar-refractivity contribution in [1.29, 1.82) is 0 Å². The molecule has 0 amide bonds. The number of ether oxygens (including phenoxy) is 2. The van der Waals surface area contributed by atoms with E-state index in [2.05, 4.69) is 4.74 Å². The number of rotatable bonds is 10. The molecule has 1 atom stereocenters. The molecule has 0 aliphatic heterocycles. The molecule has 0 rings (SSSR count). The van der Waals surface area contributed by atoms with Crippen LogP contribution in [0, 0.1) is 5.41 Å². The summed E-state index contributed by atoms with van der Waals surface area (Å²) in [5.41, 5.74) is -0.880. The van der Waals surface area contributed by atoms with Gasteiger partial charge in [0.1, 0.15) is 12.2 Å². The maximum atomic E-state index is 8.71. The van der Waals surface area contributed by atoms with Crippen LogP contribution in [-0.4, -0.2) is 120 Å². The third kappa shape index (κ3) is 20.7. The number of hydrogen-bond acceptors (Lipinski definition) is 10. The van der Waals surface area contributed by atoms with Gasteiger partial charge in [0.15, 0.2) is 0 Å². The SMILES string of the molecule is COCC(CO)(CO)CO.COCC(O)CO.OCC(O)CO.[Y]. The van der Waals surface area contributed by atoms with Gasteiger partial charge >= 0.3 is 0 Å². The summed E-state index contributed by atoms with van der Waals surface area (Å²) in [6.45, 7) is -1.40. The average Bonchev–Trinajstić information content (AvgIpc) is 2.60. The molecule has 0 bridgehead atoms. The molecule has 8 N–H and O–H groups in total. The second kappa shape index (κ2) is 23.7. The molecule has 0 fully saturated rings. The predicted molar refractivity (Wildman–Crippen MR) is 80.7 cm³/mol. The zero-order valence-electron chi connectivity index (χ0n) is 14.3. The third-order valence-corrected chi connectivity index (χ3v) is 2.45. The summed E-state index contributed by atoms with van der Waals surface area (Å²) < 4.78 is 9.18. The van der Waals surface area contributed by atoms with Crippen molar-refractivity contribution in [3.05, 3.63) is 0 Å². The first-order chi connectivity index (χ1) is 10.9. The van der Waals surface area contributed by atoms with Crippen molar-refractivity contribution in [3.8, 4) is 0 Å². The van der Waals surface area contributed by atoms with Gasteiger partial charge in [0.25, 0.3) is 0 Å². The van der Waals surface area contributed by atoms with E-state index in [-0.39, 0.29) is 85.6 Å². The fourth-order valence-corrected chi connectivity index (χ4v) is 0.896. The van der Waals surface area contributed by atoms with E-state index < -0.39 is 17.6 Å². The largest absolute Gasteiger partial charge is 0.396 e. The van der Waals surface area contributed by atoms with Crippen molar-refractivity contribution in [1.82, 2.24) is 0 Å². The van der Waals surface area contributed by atoms with E-state index >= 15 is 0 Å². The Labute approximate surface area is 167 Å². The van der Waals surface area contributed by atoms with Gasteiger partial charge in [-0.05, 0) is 0 Å². The van der Waals surface area contributed by atoms with Crippen LogP contribution in [0.15, 0.2) is 0 Å². The molecule has 0 aromatic rings. The van der Waals surface area contributed by atoms with Crippen molar-refractivity contribution in [2.75, 3.05) is 67.1 Å². The van der Waals surface area contributed by atoms with Gasteiger partial charge in [0.05, 0.1) is 58.3 Å². The van der Waals surface area contributed by atoms with Gasteiger partial charge in [0, 0.05) is 46.9 Å². The van der Waals surface area contributed by atoms with Crippen LogP contribution in [0.5, 0.6) is 0 Å². The Morgan fingerprint density at radius 3 is 1.17 bits per heavy atom. The molecule has 24 heavy (non-hydrogen) atoms. The molecule has 0 aliphatic rings. The maximum absolute atomic E-state index is 8.71. The van der Waals surface area contributed by atoms with Crippen LogP contribution in [0.4, 0.5) is 0 Å². The number of aliphatic hydroxyl groups is 8. The van der Waals surface area contributed by atoms with E-state index in [0.29, 0.717) is 0 Å². The summed E-state index contributed by atoms with van der Waals surface area (Å²) in [5, 5.41) is 66.8. The average molecular weight is 437 g/mol. The molecule has 10 nitrogen and oxygen atoms in total. The van der Waals surface area contributed by atoms with E-state index in [1.807, 2.05) is 0 Å². The smallest absolute Gasteiger partial charge is 0.100 e. The van der Waals surface area contributed by atoms with E-state index in [1.165, 1.54) is 14.2 Å². The Kier molecular flexibility index (Phi) is 32.0. The summed E-state index contributed by atoms with van der Waals surface area (Å²) in [5.74, 6) is 0. The Morgan fingerprint density at radius 1 is 0.708 bits per heavy atom. The summed E-state index contributed by atoms with van der Waals surface area (Å²) >= 11 is 0. The molecule has 0 heterocycles. The van der Waals surface area contributed by atoms with Gasteiger partial charge < -0.3 is 50.3 Å². The van der Waals surface area contributed by atoms with Crippen LogP contribution in [-0.2, 0) is 42.2 Å². The summed E-state index contributed by atoms with van der Waals surface area (Å²) in [6.07, 6.45) is -1.67. The van der Waals surface area contributed by atoms with E-state index in [9.17, 15) is 0 Å². The minimum Gasteiger partial charge on any atom is -0.396 e. The van der Waals surface area contributed by atoms with Crippen molar-refractivity contribution in [2.45, 2.75) is 12.2 Å². The van der Waals surface area contributed by atoms with Crippen molar-refractivity contribution < 1.29 is 83.0 Å². The minimum absolute atomic E-state index is 0. The fourth-order valence-electron chi connectivity index (χ4n) is 0.896. The van der Waals surface area contributed by atoms with Gasteiger partial charge in [-0.1, -0.05) is 0 Å². The zero-order chi connectivity index (χ0) is 18.7. The molecule has 0 aliphatic carbocycles. The van der Waals surface area contributed by atoms with Crippen molar-refractivity contribution in [3.63, 3.8) is 0 Å². The molecule has 0 spiro atoms. The molecular formula is C13H32O10Y. The van der Waals surface area contributed by atoms with Gasteiger partial charge in [-0.2, -0.15) is 0 Å². The number of hydrogen-bond donors (Lipinski definition) is 8. The quantitative estimate of drug-likeness (QED) is 0.167. The second-order valence-corrected chi connectivity index (χ2v) is 4.72. The first kappa shape index (κ1) is 32.4. The van der Waals surface area contributed by atoms with Crippen molar-refractivity contribution >= 4 is 0 Å². The van der Waals surface area contributed by atoms with Crippen LogP contribution in [0.25, 0.3) is 0 Å². The molecule has 0 saturated carbocycles. The summed E-state index contributed by atoms with van der Waals surface area (Å²) in [6, 6.07) is 0. The summed E-state index contributed by atoms with van der Waals surface area (Å²) in [7, 11) is 2.93. The standard InChI is InChI=1S/C6H14O4.C4H10O3.C3H8O3.Y/c1-10-5-6(2-7,3-8)4-9;1-7-3-4(6)2-5;4-1-3(6)2-5;/h7-9H,2-5H2,1H3;4-6H,2-3H2,1H3;3-6H,1-2H2;. The molecule has 1 unspecified atom stereocenters. The van der Waals surface area contributed by atoms with Gasteiger partial charge in [-0.25, -0.2) is 0 Å². The normalized spacial score (nSPS) is 11.6. The molecular weight excluding hydrogens is 405 g/mol. The topological polar surface area (TPSA) is 180 Å². The Bertz CT molecular complexity index is 207. The van der Waals surface area contributed by atoms with E-state index in [0.717, 1.165) is 0 Å². The monoisotopic (exact) mass is 437 g/mol. The van der Waals surface area contributed by atoms with E-state index in [4.69, 9.17) is 45.6 Å². The first-order valence-electron chi connectivity index (χ1n) is 6.85. The van der Waals surface area contributed by atoms with Crippen molar-refractivity contribution in [2.24, 2.45) is 5.41 Å². The van der Waals surface area contributed by atoms with Crippen LogP contribution in [0.1, 0.15) is 0 Å². The second-order valence-electron chi connectivity index (χ2n) is 4.72. The van der Waals surface area contributed by atoms with Gasteiger partial charge in [-0.15, -0.1) is 0 Å². The Balaban J connectivity index is -0.000000127. The van der Waals surface area contributed by atoms with Crippen LogP contribution in [0.2, 0.25) is 0 Å². The van der Waals surface area contributed by atoms with E-state index in [1.54, 1.807) is 0 Å². The maximum Gasteiger partial charge on any atom is 0.100 e. The van der Waals surface area contributed by atoms with Crippen LogP contribution < -0.4 is 0 Å². The van der Waals surface area contributed by atoms with Crippen LogP contribution >= 0.6 is 0 Å². The van der Waals surface area contributed by atoms with Gasteiger partial charge in [-0.3, -0.25) is 0 Å². The first-order valence-corrected chi connectivity index (χ1v) is 6.85. The predicted octanol–water partition coefficient (Wildman–Crippen LogP) is -4.09. The molecule has 0 aromatic carbocycles. The fraction of sp³-hybridized carbons (Fsp3) is 1.00. The zero-order valence-corrected chi connectivity index (χ0v) is 17.1. The molecule has 147 valence electrons. The Morgan fingerprint density at radius 2 is 1.08 bits per heavy atom. The number of aliphatic hydroxyl groups excluding tert-OH is 8. The molecule has 0 saturated heterocycles.